The highest BCUT2D eigenvalue weighted by atomic mass is 16.5. The molecule has 0 bridgehead atoms. The summed E-state index contributed by atoms with van der Waals surface area (Å²) in [5.41, 5.74) is 1.47. The van der Waals surface area contributed by atoms with Gasteiger partial charge in [0.15, 0.2) is 0 Å². The van der Waals surface area contributed by atoms with E-state index >= 15 is 0 Å². The molecule has 0 atom stereocenters. The standard InChI is InChI=1S/C12H13N3O3/c1-18-8-5-7(6-8)15-11-9(12(16)17)3-2-4-10(11)13-14-15/h2-4,7-8H,5-6H2,1H3,(H,16,17). The summed E-state index contributed by atoms with van der Waals surface area (Å²) in [6.07, 6.45) is 1.94. The summed E-state index contributed by atoms with van der Waals surface area (Å²) in [6, 6.07) is 5.22. The maximum absolute atomic E-state index is 11.2. The van der Waals surface area contributed by atoms with Crippen LogP contribution in [0.5, 0.6) is 0 Å². The number of para-hydroxylation sites is 1. The smallest absolute Gasteiger partial charge is 0.337 e. The van der Waals surface area contributed by atoms with Crippen LogP contribution in [0.25, 0.3) is 11.0 Å². The Labute approximate surface area is 103 Å². The lowest BCUT2D eigenvalue weighted by Gasteiger charge is -2.34. The van der Waals surface area contributed by atoms with E-state index in [4.69, 9.17) is 4.74 Å². The SMILES string of the molecule is COC1CC(n2nnc3cccc(C(=O)O)c32)C1. The minimum Gasteiger partial charge on any atom is -0.478 e. The van der Waals surface area contributed by atoms with Gasteiger partial charge in [-0.3, -0.25) is 0 Å². The molecule has 0 amide bonds. The van der Waals surface area contributed by atoms with E-state index in [0.717, 1.165) is 12.8 Å². The fraction of sp³-hybridized carbons (Fsp3) is 0.417. The van der Waals surface area contributed by atoms with Gasteiger partial charge in [0.25, 0.3) is 0 Å². The minimum absolute atomic E-state index is 0.181. The molecular weight excluding hydrogens is 234 g/mol. The molecular formula is C12H13N3O3. The van der Waals surface area contributed by atoms with Crippen molar-refractivity contribution in [3.8, 4) is 0 Å². The number of ether oxygens (including phenoxy) is 1. The lowest BCUT2D eigenvalue weighted by Crippen LogP contribution is -2.33. The molecule has 1 aromatic carbocycles. The second-order valence-electron chi connectivity index (χ2n) is 4.50. The quantitative estimate of drug-likeness (QED) is 0.888. The van der Waals surface area contributed by atoms with Crippen LogP contribution in [-0.2, 0) is 4.74 Å². The Morgan fingerprint density at radius 3 is 2.94 bits per heavy atom. The van der Waals surface area contributed by atoms with Crippen molar-refractivity contribution in [1.82, 2.24) is 15.0 Å². The van der Waals surface area contributed by atoms with Crippen molar-refractivity contribution >= 4 is 17.0 Å². The molecule has 18 heavy (non-hydrogen) atoms. The van der Waals surface area contributed by atoms with E-state index in [1.807, 2.05) is 0 Å². The first kappa shape index (κ1) is 11.2. The van der Waals surface area contributed by atoms with E-state index in [1.54, 1.807) is 30.0 Å². The molecule has 1 heterocycles. The van der Waals surface area contributed by atoms with Crippen molar-refractivity contribution in [3.63, 3.8) is 0 Å². The number of methoxy groups -OCH3 is 1. The van der Waals surface area contributed by atoms with Gasteiger partial charge >= 0.3 is 5.97 Å². The van der Waals surface area contributed by atoms with Gasteiger partial charge in [-0.05, 0) is 25.0 Å². The lowest BCUT2D eigenvalue weighted by molar-refractivity contribution is 0.00328. The highest BCUT2D eigenvalue weighted by Crippen LogP contribution is 2.35. The van der Waals surface area contributed by atoms with Crippen molar-refractivity contribution in [2.24, 2.45) is 0 Å². The second-order valence-corrected chi connectivity index (χ2v) is 4.50. The molecule has 0 saturated heterocycles. The maximum Gasteiger partial charge on any atom is 0.337 e. The summed E-state index contributed by atoms with van der Waals surface area (Å²) >= 11 is 0. The Morgan fingerprint density at radius 2 is 2.28 bits per heavy atom. The van der Waals surface area contributed by atoms with Crippen LogP contribution in [-0.4, -0.2) is 39.3 Å². The van der Waals surface area contributed by atoms with Gasteiger partial charge in [0, 0.05) is 7.11 Å². The highest BCUT2D eigenvalue weighted by Gasteiger charge is 2.33. The zero-order valence-electron chi connectivity index (χ0n) is 9.91. The zero-order valence-corrected chi connectivity index (χ0v) is 9.91. The number of rotatable bonds is 3. The second kappa shape index (κ2) is 4.06. The van der Waals surface area contributed by atoms with E-state index in [-0.39, 0.29) is 17.7 Å². The van der Waals surface area contributed by atoms with Gasteiger partial charge in [-0.25, -0.2) is 9.48 Å². The molecule has 1 aromatic heterocycles. The number of aromatic nitrogens is 3. The van der Waals surface area contributed by atoms with Gasteiger partial charge in [-0.2, -0.15) is 0 Å². The molecule has 1 aliphatic rings. The summed E-state index contributed by atoms with van der Waals surface area (Å²) in [6.45, 7) is 0. The third-order valence-corrected chi connectivity index (χ3v) is 3.47. The van der Waals surface area contributed by atoms with E-state index in [1.165, 1.54) is 0 Å². The maximum atomic E-state index is 11.2. The summed E-state index contributed by atoms with van der Waals surface area (Å²) < 4.78 is 6.94. The Morgan fingerprint density at radius 1 is 1.50 bits per heavy atom. The number of hydrogen-bond acceptors (Lipinski definition) is 4. The summed E-state index contributed by atoms with van der Waals surface area (Å²) in [7, 11) is 1.68. The van der Waals surface area contributed by atoms with Crippen LogP contribution in [0.1, 0.15) is 29.2 Å². The molecule has 3 rings (SSSR count). The van der Waals surface area contributed by atoms with Crippen LogP contribution in [0.3, 0.4) is 0 Å². The van der Waals surface area contributed by atoms with Gasteiger partial charge in [-0.1, -0.05) is 11.3 Å². The van der Waals surface area contributed by atoms with Gasteiger partial charge < -0.3 is 9.84 Å². The first-order chi connectivity index (χ1) is 8.70. The van der Waals surface area contributed by atoms with Crippen molar-refractivity contribution in [2.75, 3.05) is 7.11 Å². The van der Waals surface area contributed by atoms with E-state index in [2.05, 4.69) is 10.3 Å². The first-order valence-electron chi connectivity index (χ1n) is 5.80. The summed E-state index contributed by atoms with van der Waals surface area (Å²) in [5.74, 6) is -0.952. The average molecular weight is 247 g/mol. The molecule has 2 aromatic rings. The highest BCUT2D eigenvalue weighted by molar-refractivity contribution is 6.00. The first-order valence-corrected chi connectivity index (χ1v) is 5.80. The normalized spacial score (nSPS) is 22.9. The summed E-state index contributed by atoms with van der Waals surface area (Å²) in [4.78, 5) is 11.2. The third kappa shape index (κ3) is 1.57. The van der Waals surface area contributed by atoms with E-state index < -0.39 is 5.97 Å². The third-order valence-electron chi connectivity index (χ3n) is 3.47. The van der Waals surface area contributed by atoms with Crippen molar-refractivity contribution in [2.45, 2.75) is 25.0 Å². The molecule has 6 heteroatoms. The van der Waals surface area contributed by atoms with Gasteiger partial charge in [0.2, 0.25) is 0 Å². The van der Waals surface area contributed by atoms with Gasteiger partial charge in [-0.15, -0.1) is 5.10 Å². The molecule has 0 unspecified atom stereocenters. The van der Waals surface area contributed by atoms with E-state index in [9.17, 15) is 9.90 Å². The Bertz CT molecular complexity index is 602. The number of carboxylic acid groups (broad SMARTS) is 1. The largest absolute Gasteiger partial charge is 0.478 e. The van der Waals surface area contributed by atoms with Crippen LogP contribution in [0.4, 0.5) is 0 Å². The predicted octanol–water partition coefficient (Wildman–Crippen LogP) is 1.48. The molecule has 0 radical (unpaired) electrons. The molecule has 1 saturated carbocycles. The van der Waals surface area contributed by atoms with Crippen molar-refractivity contribution in [3.05, 3.63) is 23.8 Å². The molecule has 94 valence electrons. The Kier molecular flexibility index (Phi) is 2.52. The van der Waals surface area contributed by atoms with Gasteiger partial charge in [0.05, 0.1) is 17.7 Å². The van der Waals surface area contributed by atoms with Crippen LogP contribution in [0, 0.1) is 0 Å². The topological polar surface area (TPSA) is 77.2 Å². The number of carboxylic acids is 1. The predicted molar refractivity (Wildman–Crippen MR) is 63.6 cm³/mol. The Hall–Kier alpha value is -1.95. The number of fused-ring (bicyclic) bond motifs is 1. The average Bonchev–Trinajstić information content (AvgIpc) is 2.71. The fourth-order valence-corrected chi connectivity index (χ4v) is 2.35. The van der Waals surface area contributed by atoms with Crippen molar-refractivity contribution < 1.29 is 14.6 Å². The monoisotopic (exact) mass is 247 g/mol. The van der Waals surface area contributed by atoms with Crippen LogP contribution < -0.4 is 0 Å². The molecule has 1 N–H and O–H groups in total. The van der Waals surface area contributed by atoms with Gasteiger partial charge in [0.1, 0.15) is 11.0 Å². The van der Waals surface area contributed by atoms with Crippen LogP contribution in [0.2, 0.25) is 0 Å². The van der Waals surface area contributed by atoms with Crippen LogP contribution >= 0.6 is 0 Å². The summed E-state index contributed by atoms with van der Waals surface area (Å²) in [5, 5.41) is 17.3. The lowest BCUT2D eigenvalue weighted by atomic mass is 9.89. The number of carbonyl (C=O) groups is 1. The van der Waals surface area contributed by atoms with E-state index in [0.29, 0.717) is 11.0 Å². The van der Waals surface area contributed by atoms with Crippen LogP contribution in [0.15, 0.2) is 18.2 Å². The zero-order chi connectivity index (χ0) is 12.7. The fourth-order valence-electron chi connectivity index (χ4n) is 2.35. The molecule has 1 fully saturated rings. The van der Waals surface area contributed by atoms with Crippen molar-refractivity contribution in [1.29, 1.82) is 0 Å². The number of aromatic carboxylic acids is 1. The molecule has 0 spiro atoms. The number of nitrogens with zero attached hydrogens (tertiary/aromatic N) is 3. The molecule has 0 aliphatic heterocycles. The Balaban J connectivity index is 2.05. The molecule has 1 aliphatic carbocycles. The minimum atomic E-state index is -0.952. The number of benzene rings is 1. The molecule has 6 nitrogen and oxygen atoms in total. The number of hydrogen-bond donors (Lipinski definition) is 1.